The van der Waals surface area contributed by atoms with Crippen molar-refractivity contribution in [2.75, 3.05) is 10.7 Å². The zero-order valence-electron chi connectivity index (χ0n) is 19.8. The second kappa shape index (κ2) is 10.1. The number of hydrogen-bond acceptors (Lipinski definition) is 5. The van der Waals surface area contributed by atoms with Crippen LogP contribution >= 0.6 is 35.1 Å². The van der Waals surface area contributed by atoms with E-state index in [1.54, 1.807) is 11.8 Å². The minimum Gasteiger partial charge on any atom is -0.278 e. The van der Waals surface area contributed by atoms with E-state index in [1.807, 2.05) is 82.3 Å². The van der Waals surface area contributed by atoms with Gasteiger partial charge in [-0.1, -0.05) is 77.1 Å². The summed E-state index contributed by atoms with van der Waals surface area (Å²) in [6.07, 6.45) is 0. The van der Waals surface area contributed by atoms with Crippen LogP contribution in [0.5, 0.6) is 0 Å². The highest BCUT2D eigenvalue weighted by Crippen LogP contribution is 2.48. The number of thioether (sulfide) groups is 1. The van der Waals surface area contributed by atoms with Crippen LogP contribution in [-0.4, -0.2) is 26.4 Å². The van der Waals surface area contributed by atoms with Gasteiger partial charge in [-0.2, -0.15) is 0 Å². The van der Waals surface area contributed by atoms with Gasteiger partial charge in [0.2, 0.25) is 5.91 Å². The van der Waals surface area contributed by atoms with Gasteiger partial charge < -0.3 is 0 Å². The molecule has 4 aromatic carbocycles. The van der Waals surface area contributed by atoms with E-state index < -0.39 is 0 Å². The Kier molecular flexibility index (Phi) is 6.50. The van der Waals surface area contributed by atoms with Crippen molar-refractivity contribution in [3.8, 4) is 17.1 Å². The van der Waals surface area contributed by atoms with E-state index in [1.165, 1.54) is 11.8 Å². The van der Waals surface area contributed by atoms with Crippen molar-refractivity contribution >= 4 is 52.4 Å². The summed E-state index contributed by atoms with van der Waals surface area (Å²) in [7, 11) is 0. The Morgan fingerprint density at radius 1 is 0.838 bits per heavy atom. The largest absolute Gasteiger partial charge is 0.278 e. The van der Waals surface area contributed by atoms with E-state index in [4.69, 9.17) is 11.6 Å². The molecule has 0 aliphatic carbocycles. The number of benzene rings is 4. The molecule has 37 heavy (non-hydrogen) atoms. The van der Waals surface area contributed by atoms with Crippen LogP contribution in [0, 0.1) is 6.92 Å². The summed E-state index contributed by atoms with van der Waals surface area (Å²) in [4.78, 5) is 17.7. The van der Waals surface area contributed by atoms with Gasteiger partial charge in [0.15, 0.2) is 11.0 Å². The van der Waals surface area contributed by atoms with Crippen LogP contribution in [0.1, 0.15) is 5.56 Å². The number of aromatic nitrogens is 3. The molecule has 0 bridgehead atoms. The third kappa shape index (κ3) is 4.66. The van der Waals surface area contributed by atoms with Gasteiger partial charge in [-0.15, -0.1) is 10.2 Å². The predicted octanol–water partition coefficient (Wildman–Crippen LogP) is 7.82. The Bertz CT molecular complexity index is 1550. The van der Waals surface area contributed by atoms with Crippen molar-refractivity contribution in [1.29, 1.82) is 0 Å². The van der Waals surface area contributed by atoms with Crippen LogP contribution in [-0.2, 0) is 4.79 Å². The normalized spacial score (nSPS) is 12.2. The molecule has 0 radical (unpaired) electrons. The number of aryl methyl sites for hydroxylation is 1. The van der Waals surface area contributed by atoms with Crippen LogP contribution in [0.4, 0.5) is 11.4 Å². The molecule has 6 rings (SSSR count). The smallest absolute Gasteiger partial charge is 0.242 e. The van der Waals surface area contributed by atoms with E-state index in [-0.39, 0.29) is 11.7 Å². The van der Waals surface area contributed by atoms with Crippen LogP contribution in [0.3, 0.4) is 0 Å². The first-order valence-corrected chi connectivity index (χ1v) is 13.9. The third-order valence-electron chi connectivity index (χ3n) is 6.03. The van der Waals surface area contributed by atoms with E-state index in [0.717, 1.165) is 38.0 Å². The average molecular weight is 541 g/mol. The monoisotopic (exact) mass is 540 g/mol. The first-order chi connectivity index (χ1) is 18.1. The number of amides is 1. The van der Waals surface area contributed by atoms with E-state index in [2.05, 4.69) is 41.4 Å². The van der Waals surface area contributed by atoms with E-state index >= 15 is 0 Å². The maximum atomic E-state index is 13.7. The number of para-hydroxylation sites is 2. The molecule has 182 valence electrons. The maximum absolute atomic E-state index is 13.7. The molecule has 0 atom stereocenters. The van der Waals surface area contributed by atoms with Gasteiger partial charge in [0.1, 0.15) is 0 Å². The van der Waals surface area contributed by atoms with Crippen molar-refractivity contribution in [1.82, 2.24) is 14.8 Å². The molecule has 1 aliphatic rings. The molecule has 2 heterocycles. The van der Waals surface area contributed by atoms with Gasteiger partial charge in [0.25, 0.3) is 0 Å². The molecule has 8 heteroatoms. The second-order valence-electron chi connectivity index (χ2n) is 8.54. The van der Waals surface area contributed by atoms with Crippen LogP contribution < -0.4 is 4.90 Å². The lowest BCUT2D eigenvalue weighted by Gasteiger charge is -2.30. The van der Waals surface area contributed by atoms with Crippen molar-refractivity contribution in [3.63, 3.8) is 0 Å². The number of fused-ring (bicyclic) bond motifs is 2. The molecule has 0 fully saturated rings. The lowest BCUT2D eigenvalue weighted by molar-refractivity contribution is -0.115. The number of hydrogen-bond donors (Lipinski definition) is 0. The fraction of sp³-hybridized carbons (Fsp3) is 0.0690. The zero-order valence-corrected chi connectivity index (χ0v) is 22.2. The molecule has 0 N–H and O–H groups in total. The van der Waals surface area contributed by atoms with Gasteiger partial charge in [-0.05, 0) is 67.6 Å². The molecule has 0 saturated carbocycles. The second-order valence-corrected chi connectivity index (χ2v) is 11.0. The highest BCUT2D eigenvalue weighted by Gasteiger charge is 2.28. The van der Waals surface area contributed by atoms with E-state index in [0.29, 0.717) is 16.0 Å². The van der Waals surface area contributed by atoms with Gasteiger partial charge in [0, 0.05) is 26.1 Å². The number of rotatable bonds is 5. The summed E-state index contributed by atoms with van der Waals surface area (Å²) in [5.41, 5.74) is 4.79. The summed E-state index contributed by atoms with van der Waals surface area (Å²) < 4.78 is 1.99. The number of anilines is 2. The minimum atomic E-state index is -0.0169. The quantitative estimate of drug-likeness (QED) is 0.213. The number of nitrogens with zero attached hydrogens (tertiary/aromatic N) is 4. The molecule has 1 aliphatic heterocycles. The predicted molar refractivity (Wildman–Crippen MR) is 151 cm³/mol. The highest BCUT2D eigenvalue weighted by atomic mass is 35.5. The summed E-state index contributed by atoms with van der Waals surface area (Å²) in [6.45, 7) is 2.05. The molecular formula is C29H21ClN4OS2. The third-order valence-corrected chi connectivity index (χ3v) is 8.33. The van der Waals surface area contributed by atoms with Crippen LogP contribution in [0.25, 0.3) is 17.1 Å². The minimum absolute atomic E-state index is 0.0169. The Hall–Kier alpha value is -3.52. The molecular weight excluding hydrogens is 520 g/mol. The molecule has 5 aromatic rings. The topological polar surface area (TPSA) is 51.0 Å². The molecule has 0 spiro atoms. The van der Waals surface area contributed by atoms with Crippen molar-refractivity contribution in [3.05, 3.63) is 108 Å². The summed E-state index contributed by atoms with van der Waals surface area (Å²) in [5, 5.41) is 10.3. The van der Waals surface area contributed by atoms with Crippen LogP contribution in [0.15, 0.2) is 112 Å². The number of halogens is 1. The SMILES string of the molecule is Cc1ccc(-n2c(SCC(=O)N3c4ccccc4Sc4ccccc43)nnc2-c2ccc(Cl)cc2)cc1. The lowest BCUT2D eigenvalue weighted by atomic mass is 10.2. The molecule has 0 saturated heterocycles. The maximum Gasteiger partial charge on any atom is 0.242 e. The molecule has 1 aromatic heterocycles. The Labute approximate surface area is 228 Å². The van der Waals surface area contributed by atoms with Gasteiger partial charge in [0.05, 0.1) is 17.1 Å². The molecule has 5 nitrogen and oxygen atoms in total. The zero-order chi connectivity index (χ0) is 25.4. The summed E-state index contributed by atoms with van der Waals surface area (Å²) in [5.74, 6) is 0.884. The standard InChI is InChI=1S/C29H21ClN4OS2/c1-19-10-16-22(17-11-19)33-28(20-12-14-21(30)15-13-20)31-32-29(33)36-18-27(35)34-23-6-2-4-8-25(23)37-26-9-5-3-7-24(26)34/h2-17H,18H2,1H3. The Morgan fingerprint density at radius 3 is 2.11 bits per heavy atom. The number of carbonyl (C=O) groups excluding carboxylic acids is 1. The molecule has 0 unspecified atom stereocenters. The fourth-order valence-corrected chi connectivity index (χ4v) is 6.23. The Morgan fingerprint density at radius 2 is 1.46 bits per heavy atom. The number of carbonyl (C=O) groups is 1. The summed E-state index contributed by atoms with van der Waals surface area (Å²) >= 11 is 9.18. The van der Waals surface area contributed by atoms with Crippen molar-refractivity contribution in [2.24, 2.45) is 0 Å². The lowest BCUT2D eigenvalue weighted by Crippen LogP contribution is -2.30. The van der Waals surface area contributed by atoms with Crippen molar-refractivity contribution < 1.29 is 4.79 Å². The van der Waals surface area contributed by atoms with Gasteiger partial charge >= 0.3 is 0 Å². The molecule has 1 amide bonds. The average Bonchev–Trinajstić information content (AvgIpc) is 3.35. The first-order valence-electron chi connectivity index (χ1n) is 11.7. The first kappa shape index (κ1) is 23.9. The van der Waals surface area contributed by atoms with Crippen LogP contribution in [0.2, 0.25) is 5.02 Å². The van der Waals surface area contributed by atoms with Gasteiger partial charge in [-0.25, -0.2) is 0 Å². The van der Waals surface area contributed by atoms with Crippen molar-refractivity contribution in [2.45, 2.75) is 21.9 Å². The Balaban J connectivity index is 1.35. The van der Waals surface area contributed by atoms with Gasteiger partial charge in [-0.3, -0.25) is 14.3 Å². The highest BCUT2D eigenvalue weighted by molar-refractivity contribution is 8.00. The van der Waals surface area contributed by atoms with E-state index in [9.17, 15) is 4.79 Å². The fourth-order valence-electron chi connectivity index (χ4n) is 4.24. The summed E-state index contributed by atoms with van der Waals surface area (Å²) in [6, 6.07) is 31.7.